The highest BCUT2D eigenvalue weighted by Gasteiger charge is 2.26. The molecule has 1 N–H and O–H groups in total. The zero-order valence-corrected chi connectivity index (χ0v) is 13.6. The molecular weight excluding hydrogens is 342 g/mol. The minimum absolute atomic E-state index is 0.534. The third-order valence-corrected chi connectivity index (χ3v) is 4.81. The van der Waals surface area contributed by atoms with Gasteiger partial charge in [0.25, 0.3) is 0 Å². The molecule has 0 aliphatic heterocycles. The predicted octanol–water partition coefficient (Wildman–Crippen LogP) is 5.59. The van der Waals surface area contributed by atoms with Crippen LogP contribution in [-0.2, 0) is 0 Å². The Morgan fingerprint density at radius 3 is 2.47 bits per heavy atom. The lowest BCUT2D eigenvalue weighted by atomic mass is 9.75. The van der Waals surface area contributed by atoms with Gasteiger partial charge in [-0.1, -0.05) is 29.8 Å². The van der Waals surface area contributed by atoms with E-state index in [9.17, 15) is 0 Å². The molecule has 0 atom stereocenters. The number of hydrogen-bond donors (Lipinski definition) is 1. The number of anilines is 1. The van der Waals surface area contributed by atoms with Crippen LogP contribution in [0.4, 0.5) is 5.69 Å². The van der Waals surface area contributed by atoms with Crippen molar-refractivity contribution in [2.24, 2.45) is 5.41 Å². The quantitative estimate of drug-likeness (QED) is 0.724. The van der Waals surface area contributed by atoms with Crippen LogP contribution in [0.2, 0.25) is 0 Å². The Morgan fingerprint density at radius 1 is 1.18 bits per heavy atom. The summed E-state index contributed by atoms with van der Waals surface area (Å²) in [6.07, 6.45) is 5.17. The molecule has 0 unspecified atom stereocenters. The first kappa shape index (κ1) is 13.4. The zero-order chi connectivity index (χ0) is 12.5. The highest BCUT2D eigenvalue weighted by atomic mass is 79.9. The van der Waals surface area contributed by atoms with Crippen LogP contribution in [0.25, 0.3) is 0 Å². The summed E-state index contributed by atoms with van der Waals surface area (Å²) in [6.45, 7) is 4.75. The van der Waals surface area contributed by atoms with Gasteiger partial charge in [-0.3, -0.25) is 0 Å². The van der Waals surface area contributed by atoms with Crippen LogP contribution in [0.1, 0.15) is 39.5 Å². The van der Waals surface area contributed by atoms with E-state index >= 15 is 0 Å². The van der Waals surface area contributed by atoms with Gasteiger partial charge in [0.15, 0.2) is 0 Å². The maximum Gasteiger partial charge on any atom is 0.0498 e. The molecule has 0 heterocycles. The van der Waals surface area contributed by atoms with Crippen LogP contribution >= 0.6 is 31.9 Å². The van der Waals surface area contributed by atoms with Crippen molar-refractivity contribution in [3.63, 3.8) is 0 Å². The first-order valence-corrected chi connectivity index (χ1v) is 7.76. The van der Waals surface area contributed by atoms with E-state index in [1.54, 1.807) is 0 Å². The average molecular weight is 361 g/mol. The third-order valence-electron chi connectivity index (χ3n) is 3.63. The van der Waals surface area contributed by atoms with E-state index in [0.29, 0.717) is 11.5 Å². The molecular formula is C14H19Br2N. The molecule has 1 nitrogen and oxygen atoms in total. The molecule has 1 fully saturated rings. The monoisotopic (exact) mass is 359 g/mol. The van der Waals surface area contributed by atoms with E-state index in [1.165, 1.54) is 31.4 Å². The van der Waals surface area contributed by atoms with E-state index in [-0.39, 0.29) is 0 Å². The van der Waals surface area contributed by atoms with Gasteiger partial charge in [-0.15, -0.1) is 0 Å². The second-order valence-corrected chi connectivity index (χ2v) is 7.48. The van der Waals surface area contributed by atoms with Crippen molar-refractivity contribution >= 4 is 37.5 Å². The van der Waals surface area contributed by atoms with Gasteiger partial charge in [0.05, 0.1) is 0 Å². The Labute approximate surface area is 121 Å². The van der Waals surface area contributed by atoms with E-state index < -0.39 is 0 Å². The number of benzene rings is 1. The first-order chi connectivity index (χ1) is 7.96. The topological polar surface area (TPSA) is 12.0 Å². The number of rotatable bonds is 2. The minimum atomic E-state index is 0.534. The van der Waals surface area contributed by atoms with Gasteiger partial charge in [0.1, 0.15) is 0 Å². The van der Waals surface area contributed by atoms with E-state index in [2.05, 4.69) is 69.2 Å². The molecule has 17 heavy (non-hydrogen) atoms. The molecule has 1 aromatic rings. The van der Waals surface area contributed by atoms with Gasteiger partial charge >= 0.3 is 0 Å². The summed E-state index contributed by atoms with van der Waals surface area (Å²) in [5.41, 5.74) is 1.73. The van der Waals surface area contributed by atoms with Gasteiger partial charge < -0.3 is 5.32 Å². The molecule has 1 aliphatic rings. The van der Waals surface area contributed by atoms with Gasteiger partial charge in [-0.05, 0) is 65.2 Å². The lowest BCUT2D eigenvalue weighted by Gasteiger charge is -2.35. The van der Waals surface area contributed by atoms with Crippen LogP contribution in [0.15, 0.2) is 27.1 Å². The molecule has 0 saturated heterocycles. The lowest BCUT2D eigenvalue weighted by molar-refractivity contribution is 0.232. The van der Waals surface area contributed by atoms with E-state index in [1.807, 2.05) is 0 Å². The number of hydrogen-bond acceptors (Lipinski definition) is 1. The van der Waals surface area contributed by atoms with Crippen LogP contribution in [-0.4, -0.2) is 6.04 Å². The predicted molar refractivity (Wildman–Crippen MR) is 81.5 cm³/mol. The van der Waals surface area contributed by atoms with Crippen molar-refractivity contribution in [3.05, 3.63) is 27.1 Å². The Hall–Kier alpha value is -0.0200. The molecule has 1 aromatic carbocycles. The summed E-state index contributed by atoms with van der Waals surface area (Å²) >= 11 is 7.11. The lowest BCUT2D eigenvalue weighted by Crippen LogP contribution is -2.29. The summed E-state index contributed by atoms with van der Waals surface area (Å²) in [5, 5.41) is 3.65. The zero-order valence-electron chi connectivity index (χ0n) is 10.4. The van der Waals surface area contributed by atoms with Gasteiger partial charge in [-0.2, -0.15) is 0 Å². The molecule has 94 valence electrons. The van der Waals surface area contributed by atoms with E-state index in [0.717, 1.165) is 8.95 Å². The molecule has 1 aliphatic carbocycles. The Kier molecular flexibility index (Phi) is 4.19. The van der Waals surface area contributed by atoms with Crippen LogP contribution < -0.4 is 5.32 Å². The summed E-state index contributed by atoms with van der Waals surface area (Å²) in [6, 6.07) is 6.90. The summed E-state index contributed by atoms with van der Waals surface area (Å²) in [4.78, 5) is 0. The first-order valence-electron chi connectivity index (χ1n) is 6.18. The molecule has 3 heteroatoms. The van der Waals surface area contributed by atoms with Gasteiger partial charge in [0, 0.05) is 20.7 Å². The van der Waals surface area contributed by atoms with E-state index in [4.69, 9.17) is 0 Å². The number of nitrogens with one attached hydrogen (secondary N) is 1. The van der Waals surface area contributed by atoms with Crippen molar-refractivity contribution in [2.75, 3.05) is 5.32 Å². The van der Waals surface area contributed by atoms with Gasteiger partial charge in [0.2, 0.25) is 0 Å². The Balaban J connectivity index is 2.00. The molecule has 0 radical (unpaired) electrons. The highest BCUT2D eigenvalue weighted by molar-refractivity contribution is 9.11. The average Bonchev–Trinajstić information content (AvgIpc) is 2.26. The van der Waals surface area contributed by atoms with Crippen molar-refractivity contribution < 1.29 is 0 Å². The molecule has 1 saturated carbocycles. The third kappa shape index (κ3) is 3.72. The second kappa shape index (κ2) is 5.31. The fourth-order valence-corrected chi connectivity index (χ4v) is 3.09. The second-order valence-electron chi connectivity index (χ2n) is 5.71. The normalized spacial score (nSPS) is 20.2. The molecule has 0 bridgehead atoms. The molecule has 0 spiro atoms. The van der Waals surface area contributed by atoms with Crippen molar-refractivity contribution in [1.29, 1.82) is 0 Å². The molecule has 0 amide bonds. The van der Waals surface area contributed by atoms with Gasteiger partial charge in [-0.25, -0.2) is 0 Å². The summed E-state index contributed by atoms with van der Waals surface area (Å²) < 4.78 is 2.27. The van der Waals surface area contributed by atoms with Crippen LogP contribution in [0, 0.1) is 5.41 Å². The Bertz CT molecular complexity index is 391. The highest BCUT2D eigenvalue weighted by Crippen LogP contribution is 2.37. The van der Waals surface area contributed by atoms with Crippen molar-refractivity contribution in [3.8, 4) is 0 Å². The fraction of sp³-hybridized carbons (Fsp3) is 0.571. The van der Waals surface area contributed by atoms with Crippen molar-refractivity contribution in [1.82, 2.24) is 0 Å². The summed E-state index contributed by atoms with van der Waals surface area (Å²) in [5.74, 6) is 0. The maximum atomic E-state index is 3.65. The fourth-order valence-electron chi connectivity index (χ4n) is 2.37. The maximum absolute atomic E-state index is 3.65. The van der Waals surface area contributed by atoms with Crippen molar-refractivity contribution in [2.45, 2.75) is 45.6 Å². The standard InChI is InChI=1S/C14H19Br2N/c1-14(2)7-5-11(6-8-14)17-13-9-10(15)3-4-12(13)16/h3-4,9,11,17H,5-8H2,1-2H3. The van der Waals surface area contributed by atoms with Crippen LogP contribution in [0.3, 0.4) is 0 Å². The minimum Gasteiger partial charge on any atom is -0.381 e. The van der Waals surface area contributed by atoms with Crippen LogP contribution in [0.5, 0.6) is 0 Å². The summed E-state index contributed by atoms with van der Waals surface area (Å²) in [7, 11) is 0. The number of halogens is 2. The Morgan fingerprint density at radius 2 is 1.82 bits per heavy atom. The smallest absolute Gasteiger partial charge is 0.0498 e. The largest absolute Gasteiger partial charge is 0.381 e. The molecule has 2 rings (SSSR count). The molecule has 0 aromatic heterocycles. The SMILES string of the molecule is CC1(C)CCC(Nc2cc(Br)ccc2Br)CC1.